The summed E-state index contributed by atoms with van der Waals surface area (Å²) < 4.78 is 15.3. The maximum Gasteiger partial charge on any atom is 0.291 e. The predicted octanol–water partition coefficient (Wildman–Crippen LogP) is 3.27. The van der Waals surface area contributed by atoms with E-state index in [1.165, 1.54) is 10.9 Å². The van der Waals surface area contributed by atoms with Crippen LogP contribution in [0.1, 0.15) is 32.4 Å². The number of hydrogen-bond donors (Lipinski definition) is 2. The standard InChI is InChI=1S/C22H21BrN6O4/c1-28-12-14(10-25-28)9-24-22(31)20-18(11-26-29(20)2)27-21(30)19-8-7-17(33-19)13-32-16-5-3-15(23)4-6-16/h3-8,10-12H,9,13H2,1-2H3,(H,24,31)(H,27,30). The Bertz CT molecular complexity index is 1270. The Morgan fingerprint density at radius 1 is 1.06 bits per heavy atom. The minimum Gasteiger partial charge on any atom is -0.486 e. The number of rotatable bonds is 8. The van der Waals surface area contributed by atoms with Crippen LogP contribution in [0.4, 0.5) is 5.69 Å². The molecule has 0 aliphatic rings. The molecule has 3 heterocycles. The number of carbonyl (C=O) groups is 2. The molecule has 10 nitrogen and oxygen atoms in total. The number of amides is 2. The number of nitrogens with one attached hydrogen (secondary N) is 2. The average molecular weight is 513 g/mol. The molecule has 4 aromatic rings. The highest BCUT2D eigenvalue weighted by Crippen LogP contribution is 2.20. The molecular formula is C22H21BrN6O4. The molecule has 0 spiro atoms. The molecule has 3 aromatic heterocycles. The Balaban J connectivity index is 1.37. The van der Waals surface area contributed by atoms with Gasteiger partial charge in [0.05, 0.1) is 18.1 Å². The van der Waals surface area contributed by atoms with Crippen molar-refractivity contribution in [2.45, 2.75) is 13.2 Å². The minimum atomic E-state index is -0.501. The summed E-state index contributed by atoms with van der Waals surface area (Å²) >= 11 is 3.37. The first kappa shape index (κ1) is 22.3. The zero-order valence-electron chi connectivity index (χ0n) is 17.9. The average Bonchev–Trinajstić information content (AvgIpc) is 3.52. The fraction of sp³-hybridized carbons (Fsp3) is 0.182. The second-order valence-electron chi connectivity index (χ2n) is 7.20. The van der Waals surface area contributed by atoms with Gasteiger partial charge in [-0.1, -0.05) is 15.9 Å². The lowest BCUT2D eigenvalue weighted by Gasteiger charge is -2.08. The molecule has 4 rings (SSSR count). The normalized spacial score (nSPS) is 10.8. The highest BCUT2D eigenvalue weighted by Gasteiger charge is 2.20. The third-order valence-electron chi connectivity index (χ3n) is 4.69. The van der Waals surface area contributed by atoms with E-state index in [0.29, 0.717) is 18.1 Å². The number of hydrogen-bond acceptors (Lipinski definition) is 6. The largest absolute Gasteiger partial charge is 0.486 e. The number of ether oxygens (including phenoxy) is 1. The van der Waals surface area contributed by atoms with Gasteiger partial charge in [0.2, 0.25) is 0 Å². The van der Waals surface area contributed by atoms with Gasteiger partial charge >= 0.3 is 0 Å². The zero-order chi connectivity index (χ0) is 23.4. The summed E-state index contributed by atoms with van der Waals surface area (Å²) in [5.41, 5.74) is 1.35. The third kappa shape index (κ3) is 5.50. The van der Waals surface area contributed by atoms with Crippen LogP contribution >= 0.6 is 15.9 Å². The van der Waals surface area contributed by atoms with Gasteiger partial charge in [-0.15, -0.1) is 0 Å². The van der Waals surface area contributed by atoms with Gasteiger partial charge < -0.3 is 19.8 Å². The molecule has 0 aliphatic carbocycles. The highest BCUT2D eigenvalue weighted by atomic mass is 79.9. The topological polar surface area (TPSA) is 116 Å². The summed E-state index contributed by atoms with van der Waals surface area (Å²) in [6, 6.07) is 10.6. The lowest BCUT2D eigenvalue weighted by atomic mass is 10.3. The molecule has 0 saturated heterocycles. The summed E-state index contributed by atoms with van der Waals surface area (Å²) in [6.45, 7) is 0.467. The first-order valence-corrected chi connectivity index (χ1v) is 10.7. The second-order valence-corrected chi connectivity index (χ2v) is 8.11. The monoisotopic (exact) mass is 512 g/mol. The number of nitrogens with zero attached hydrogens (tertiary/aromatic N) is 4. The van der Waals surface area contributed by atoms with Gasteiger partial charge in [0.25, 0.3) is 11.8 Å². The molecule has 0 aliphatic heterocycles. The number of benzene rings is 1. The SMILES string of the molecule is Cn1cc(CNC(=O)c2c(NC(=O)c3ccc(COc4ccc(Br)cc4)o3)cnn2C)cn1. The molecule has 2 amide bonds. The van der Waals surface area contributed by atoms with Crippen LogP contribution < -0.4 is 15.4 Å². The third-order valence-corrected chi connectivity index (χ3v) is 5.22. The van der Waals surface area contributed by atoms with E-state index in [4.69, 9.17) is 9.15 Å². The van der Waals surface area contributed by atoms with E-state index in [-0.39, 0.29) is 29.7 Å². The molecule has 11 heteroatoms. The van der Waals surface area contributed by atoms with Crippen LogP contribution in [0, 0.1) is 0 Å². The molecule has 170 valence electrons. The van der Waals surface area contributed by atoms with Gasteiger partial charge in [-0.25, -0.2) is 0 Å². The van der Waals surface area contributed by atoms with Crippen molar-refractivity contribution >= 4 is 33.4 Å². The summed E-state index contributed by atoms with van der Waals surface area (Å²) in [5, 5.41) is 13.6. The van der Waals surface area contributed by atoms with Crippen LogP contribution in [0.25, 0.3) is 0 Å². The second kappa shape index (κ2) is 9.74. The van der Waals surface area contributed by atoms with Crippen molar-refractivity contribution < 1.29 is 18.7 Å². The maximum absolute atomic E-state index is 12.7. The molecule has 1 aromatic carbocycles. The summed E-state index contributed by atoms with van der Waals surface area (Å²) in [7, 11) is 3.42. The lowest BCUT2D eigenvalue weighted by molar-refractivity contribution is 0.0942. The molecule has 33 heavy (non-hydrogen) atoms. The van der Waals surface area contributed by atoms with Gasteiger partial charge in [-0.05, 0) is 36.4 Å². The van der Waals surface area contributed by atoms with Crippen LogP contribution in [-0.2, 0) is 27.2 Å². The number of aryl methyl sites for hydroxylation is 2. The summed E-state index contributed by atoms with van der Waals surface area (Å²) in [5.74, 6) is 0.382. The number of furan rings is 1. The van der Waals surface area contributed by atoms with Crippen LogP contribution in [-0.4, -0.2) is 31.4 Å². The van der Waals surface area contributed by atoms with Crippen LogP contribution in [0.5, 0.6) is 5.75 Å². The van der Waals surface area contributed by atoms with E-state index in [2.05, 4.69) is 36.8 Å². The van der Waals surface area contributed by atoms with E-state index in [1.54, 1.807) is 43.3 Å². The molecule has 0 atom stereocenters. The fourth-order valence-corrected chi connectivity index (χ4v) is 3.34. The summed E-state index contributed by atoms with van der Waals surface area (Å²) in [6.07, 6.45) is 4.89. The van der Waals surface area contributed by atoms with Gasteiger partial charge in [0, 0.05) is 36.9 Å². The summed E-state index contributed by atoms with van der Waals surface area (Å²) in [4.78, 5) is 25.4. The quantitative estimate of drug-likeness (QED) is 0.374. The van der Waals surface area contributed by atoms with Crippen molar-refractivity contribution in [2.24, 2.45) is 14.1 Å². The zero-order valence-corrected chi connectivity index (χ0v) is 19.5. The number of anilines is 1. The van der Waals surface area contributed by atoms with E-state index in [0.717, 1.165) is 10.0 Å². The van der Waals surface area contributed by atoms with E-state index in [9.17, 15) is 9.59 Å². The van der Waals surface area contributed by atoms with Crippen LogP contribution in [0.3, 0.4) is 0 Å². The van der Waals surface area contributed by atoms with Gasteiger partial charge in [-0.3, -0.25) is 19.0 Å². The molecule has 0 bridgehead atoms. The Morgan fingerprint density at radius 3 is 2.58 bits per heavy atom. The highest BCUT2D eigenvalue weighted by molar-refractivity contribution is 9.10. The van der Waals surface area contributed by atoms with E-state index < -0.39 is 5.91 Å². The fourth-order valence-electron chi connectivity index (χ4n) is 3.07. The number of halogens is 1. The van der Waals surface area contributed by atoms with Crippen molar-refractivity contribution in [1.82, 2.24) is 24.9 Å². The van der Waals surface area contributed by atoms with Crippen molar-refractivity contribution in [2.75, 3.05) is 5.32 Å². The Morgan fingerprint density at radius 2 is 1.85 bits per heavy atom. The molecule has 2 N–H and O–H groups in total. The van der Waals surface area contributed by atoms with E-state index >= 15 is 0 Å². The van der Waals surface area contributed by atoms with E-state index in [1.807, 2.05) is 24.3 Å². The van der Waals surface area contributed by atoms with Crippen molar-refractivity contribution in [3.05, 3.63) is 82.2 Å². The first-order valence-electron chi connectivity index (χ1n) is 9.95. The Labute approximate surface area is 197 Å². The minimum absolute atomic E-state index is 0.0926. The van der Waals surface area contributed by atoms with Gasteiger partial charge in [-0.2, -0.15) is 10.2 Å². The Hall–Kier alpha value is -3.86. The first-order chi connectivity index (χ1) is 15.9. The molecular weight excluding hydrogens is 492 g/mol. The maximum atomic E-state index is 12.7. The lowest BCUT2D eigenvalue weighted by Crippen LogP contribution is -2.26. The molecule has 0 radical (unpaired) electrons. The number of aromatic nitrogens is 4. The van der Waals surface area contributed by atoms with Crippen LogP contribution in [0.2, 0.25) is 0 Å². The number of carbonyl (C=O) groups excluding carboxylic acids is 2. The molecule has 0 fully saturated rings. The Kier molecular flexibility index (Phi) is 6.59. The molecule has 0 unspecified atom stereocenters. The smallest absolute Gasteiger partial charge is 0.291 e. The predicted molar refractivity (Wildman–Crippen MR) is 123 cm³/mol. The van der Waals surface area contributed by atoms with Crippen molar-refractivity contribution in [3.63, 3.8) is 0 Å². The van der Waals surface area contributed by atoms with Gasteiger partial charge in [0.1, 0.15) is 23.8 Å². The van der Waals surface area contributed by atoms with Gasteiger partial charge in [0.15, 0.2) is 5.76 Å². The van der Waals surface area contributed by atoms with Crippen LogP contribution in [0.15, 0.2) is 63.9 Å². The van der Waals surface area contributed by atoms with Crippen molar-refractivity contribution in [3.8, 4) is 5.75 Å². The molecule has 0 saturated carbocycles. The van der Waals surface area contributed by atoms with Crippen molar-refractivity contribution in [1.29, 1.82) is 0 Å².